The maximum atomic E-state index is 11.1. The van der Waals surface area contributed by atoms with Crippen molar-refractivity contribution >= 4 is 9.84 Å². The molecule has 1 N–H and O–H groups in total. The molecular formula is C13H27NO2S. The van der Waals surface area contributed by atoms with Crippen molar-refractivity contribution in [2.45, 2.75) is 58.5 Å². The maximum Gasteiger partial charge on any atom is 0.147 e. The van der Waals surface area contributed by atoms with E-state index in [0.717, 1.165) is 18.3 Å². The lowest BCUT2D eigenvalue weighted by Gasteiger charge is -2.34. The molecule has 0 amide bonds. The monoisotopic (exact) mass is 261 g/mol. The molecule has 0 aromatic heterocycles. The first-order valence-corrected chi connectivity index (χ1v) is 8.76. The molecule has 0 saturated heterocycles. The van der Waals surface area contributed by atoms with E-state index in [2.05, 4.69) is 26.1 Å². The van der Waals surface area contributed by atoms with E-state index in [1.807, 2.05) is 0 Å². The number of hydrogen-bond donors (Lipinski definition) is 1. The average molecular weight is 261 g/mol. The van der Waals surface area contributed by atoms with E-state index < -0.39 is 9.84 Å². The second-order valence-corrected chi connectivity index (χ2v) is 8.36. The van der Waals surface area contributed by atoms with Crippen LogP contribution in [0.25, 0.3) is 0 Å². The molecule has 0 aromatic carbocycles. The van der Waals surface area contributed by atoms with Gasteiger partial charge in [0.25, 0.3) is 0 Å². The highest BCUT2D eigenvalue weighted by atomic mass is 32.2. The summed E-state index contributed by atoms with van der Waals surface area (Å²) in [6.07, 6.45) is 5.82. The van der Waals surface area contributed by atoms with Crippen LogP contribution in [-0.2, 0) is 9.84 Å². The average Bonchev–Trinajstić information content (AvgIpc) is 2.11. The smallest absolute Gasteiger partial charge is 0.147 e. The Morgan fingerprint density at radius 1 is 1.18 bits per heavy atom. The molecule has 1 fully saturated rings. The van der Waals surface area contributed by atoms with Crippen molar-refractivity contribution in [3.8, 4) is 0 Å². The fourth-order valence-corrected chi connectivity index (χ4v) is 3.74. The summed E-state index contributed by atoms with van der Waals surface area (Å²) >= 11 is 0. The zero-order valence-electron chi connectivity index (χ0n) is 11.6. The molecule has 0 bridgehead atoms. The van der Waals surface area contributed by atoms with Crippen molar-refractivity contribution in [2.75, 3.05) is 12.0 Å². The van der Waals surface area contributed by atoms with Gasteiger partial charge in [-0.2, -0.15) is 0 Å². The van der Waals surface area contributed by atoms with Crippen LogP contribution in [0.2, 0.25) is 0 Å². The lowest BCUT2D eigenvalue weighted by molar-refractivity contribution is 0.227. The normalized spacial score (nSPS) is 32.4. The molecule has 4 heteroatoms. The van der Waals surface area contributed by atoms with E-state index in [4.69, 9.17) is 0 Å². The van der Waals surface area contributed by atoms with Crippen molar-refractivity contribution in [1.29, 1.82) is 0 Å². The molecular weight excluding hydrogens is 234 g/mol. The minimum atomic E-state index is -2.82. The minimum absolute atomic E-state index is 0.291. The Labute approximate surface area is 106 Å². The van der Waals surface area contributed by atoms with Crippen molar-refractivity contribution in [3.05, 3.63) is 0 Å². The third kappa shape index (κ3) is 6.41. The number of rotatable bonds is 5. The standard InChI is InChI=1S/C13H27NO2S/c1-10-7-11(2)9-13(8-10)14-12(3)5-6-17(4,15)16/h10-14H,5-9H2,1-4H3/t10-,11+,12-,13?/m1/s1. The van der Waals surface area contributed by atoms with Gasteiger partial charge in [0, 0.05) is 18.3 Å². The second kappa shape index (κ2) is 6.19. The fourth-order valence-electron chi connectivity index (χ4n) is 2.96. The molecule has 0 aromatic rings. The third-order valence-electron chi connectivity index (χ3n) is 3.62. The summed E-state index contributed by atoms with van der Waals surface area (Å²) in [5.74, 6) is 1.87. The molecule has 0 aliphatic heterocycles. The van der Waals surface area contributed by atoms with Crippen LogP contribution in [0.4, 0.5) is 0 Å². The molecule has 1 unspecified atom stereocenters. The Hall–Kier alpha value is -0.0900. The first-order chi connectivity index (χ1) is 7.76. The van der Waals surface area contributed by atoms with Gasteiger partial charge in [0.2, 0.25) is 0 Å². The van der Waals surface area contributed by atoms with Gasteiger partial charge in [0.1, 0.15) is 9.84 Å². The molecule has 1 aliphatic carbocycles. The topological polar surface area (TPSA) is 46.2 Å². The molecule has 0 heterocycles. The van der Waals surface area contributed by atoms with Gasteiger partial charge in [-0.1, -0.05) is 13.8 Å². The lowest BCUT2D eigenvalue weighted by Crippen LogP contribution is -2.41. The Balaban J connectivity index is 2.32. The Bertz CT molecular complexity index is 316. The molecule has 1 saturated carbocycles. The summed E-state index contributed by atoms with van der Waals surface area (Å²) in [5.41, 5.74) is 0. The first-order valence-electron chi connectivity index (χ1n) is 6.70. The molecule has 1 rings (SSSR count). The summed E-state index contributed by atoms with van der Waals surface area (Å²) in [4.78, 5) is 0. The predicted octanol–water partition coefficient (Wildman–Crippen LogP) is 2.22. The second-order valence-electron chi connectivity index (χ2n) is 6.10. The van der Waals surface area contributed by atoms with Crippen LogP contribution >= 0.6 is 0 Å². The van der Waals surface area contributed by atoms with Gasteiger partial charge in [0.05, 0.1) is 5.75 Å². The van der Waals surface area contributed by atoms with E-state index in [1.54, 1.807) is 0 Å². The predicted molar refractivity (Wildman–Crippen MR) is 72.9 cm³/mol. The largest absolute Gasteiger partial charge is 0.311 e. The summed E-state index contributed by atoms with van der Waals surface area (Å²) in [5, 5.41) is 3.59. The molecule has 102 valence electrons. The van der Waals surface area contributed by atoms with E-state index in [-0.39, 0.29) is 0 Å². The molecule has 0 spiro atoms. The Kier molecular flexibility index (Phi) is 5.45. The lowest BCUT2D eigenvalue weighted by atomic mass is 9.80. The van der Waals surface area contributed by atoms with Crippen LogP contribution in [0.15, 0.2) is 0 Å². The quantitative estimate of drug-likeness (QED) is 0.825. The van der Waals surface area contributed by atoms with Gasteiger partial charge in [-0.3, -0.25) is 0 Å². The molecule has 4 atom stereocenters. The van der Waals surface area contributed by atoms with Crippen LogP contribution in [0, 0.1) is 11.8 Å². The SMILES string of the molecule is C[C@@H]1CC(N[C@H](C)CCS(C)(=O)=O)C[C@H](C)C1. The van der Waals surface area contributed by atoms with Gasteiger partial charge >= 0.3 is 0 Å². The molecule has 3 nitrogen and oxygen atoms in total. The highest BCUT2D eigenvalue weighted by Gasteiger charge is 2.24. The van der Waals surface area contributed by atoms with Gasteiger partial charge in [0.15, 0.2) is 0 Å². The zero-order chi connectivity index (χ0) is 13.1. The van der Waals surface area contributed by atoms with Crippen LogP contribution in [0.1, 0.15) is 46.5 Å². The van der Waals surface area contributed by atoms with Crippen LogP contribution < -0.4 is 5.32 Å². The van der Waals surface area contributed by atoms with Crippen LogP contribution in [0.3, 0.4) is 0 Å². The van der Waals surface area contributed by atoms with E-state index in [9.17, 15) is 8.42 Å². The van der Waals surface area contributed by atoms with E-state index in [0.29, 0.717) is 17.8 Å². The summed E-state index contributed by atoms with van der Waals surface area (Å²) in [6, 6.07) is 0.871. The van der Waals surface area contributed by atoms with E-state index in [1.165, 1.54) is 25.5 Å². The number of hydrogen-bond acceptors (Lipinski definition) is 3. The molecule has 0 radical (unpaired) electrons. The highest BCUT2D eigenvalue weighted by Crippen LogP contribution is 2.28. The highest BCUT2D eigenvalue weighted by molar-refractivity contribution is 7.90. The van der Waals surface area contributed by atoms with Crippen LogP contribution in [-0.4, -0.2) is 32.5 Å². The van der Waals surface area contributed by atoms with Crippen molar-refractivity contribution in [2.24, 2.45) is 11.8 Å². The zero-order valence-corrected chi connectivity index (χ0v) is 12.4. The third-order valence-corrected chi connectivity index (χ3v) is 4.60. The van der Waals surface area contributed by atoms with Gasteiger partial charge in [-0.15, -0.1) is 0 Å². The summed E-state index contributed by atoms with van der Waals surface area (Å²) in [6.45, 7) is 6.71. The fraction of sp³-hybridized carbons (Fsp3) is 1.00. The summed E-state index contributed by atoms with van der Waals surface area (Å²) in [7, 11) is -2.82. The minimum Gasteiger partial charge on any atom is -0.311 e. The van der Waals surface area contributed by atoms with Gasteiger partial charge < -0.3 is 5.32 Å². The molecule has 1 aliphatic rings. The van der Waals surface area contributed by atoms with Gasteiger partial charge in [-0.05, 0) is 44.4 Å². The summed E-state index contributed by atoms with van der Waals surface area (Å²) < 4.78 is 22.2. The van der Waals surface area contributed by atoms with Crippen molar-refractivity contribution in [1.82, 2.24) is 5.32 Å². The van der Waals surface area contributed by atoms with Crippen molar-refractivity contribution in [3.63, 3.8) is 0 Å². The molecule has 17 heavy (non-hydrogen) atoms. The number of nitrogens with one attached hydrogen (secondary N) is 1. The maximum absolute atomic E-state index is 11.1. The first kappa shape index (κ1) is 15.0. The van der Waals surface area contributed by atoms with Crippen LogP contribution in [0.5, 0.6) is 0 Å². The Morgan fingerprint density at radius 2 is 1.71 bits per heavy atom. The van der Waals surface area contributed by atoms with Crippen molar-refractivity contribution < 1.29 is 8.42 Å². The van der Waals surface area contributed by atoms with Gasteiger partial charge in [-0.25, -0.2) is 8.42 Å². The Morgan fingerprint density at radius 3 is 2.18 bits per heavy atom. The van der Waals surface area contributed by atoms with E-state index >= 15 is 0 Å². The number of sulfone groups is 1.